The fourth-order valence-electron chi connectivity index (χ4n) is 8.51. The predicted octanol–water partition coefficient (Wildman–Crippen LogP) is 19.9. The Bertz CT molecular complexity index is 1310. The zero-order chi connectivity index (χ0) is 49.9. The second-order valence-corrected chi connectivity index (χ2v) is 19.7. The molecular weight excluding hydrogens is 843 g/mol. The van der Waals surface area contributed by atoms with Crippen molar-refractivity contribution in [2.45, 2.75) is 289 Å². The van der Waals surface area contributed by atoms with Gasteiger partial charge in [0, 0.05) is 6.42 Å². The zero-order valence-corrected chi connectivity index (χ0v) is 45.5. The van der Waals surface area contributed by atoms with Crippen LogP contribution in [0.1, 0.15) is 277 Å². The first kappa shape index (κ1) is 66.0. The summed E-state index contributed by atoms with van der Waals surface area (Å²) in [6.07, 6.45) is 89.8. The number of nitrogens with one attached hydrogen (secondary N) is 1. The molecule has 0 aliphatic carbocycles. The average Bonchev–Trinajstić information content (AvgIpc) is 3.35. The summed E-state index contributed by atoms with van der Waals surface area (Å²) in [5, 5.41) is 23.1. The fourth-order valence-corrected chi connectivity index (χ4v) is 8.51. The number of amides is 1. The van der Waals surface area contributed by atoms with E-state index in [1.54, 1.807) is 6.08 Å². The molecule has 0 heterocycles. The van der Waals surface area contributed by atoms with Crippen LogP contribution < -0.4 is 5.32 Å². The molecule has 0 aromatic rings. The summed E-state index contributed by atoms with van der Waals surface area (Å²) in [7, 11) is 0. The highest BCUT2D eigenvalue weighted by atomic mass is 16.3. The van der Waals surface area contributed by atoms with Crippen LogP contribution in [0, 0.1) is 0 Å². The van der Waals surface area contributed by atoms with Gasteiger partial charge in [-0.25, -0.2) is 0 Å². The largest absolute Gasteiger partial charge is 0.394 e. The highest BCUT2D eigenvalue weighted by Crippen LogP contribution is 2.16. The van der Waals surface area contributed by atoms with E-state index in [1.165, 1.54) is 180 Å². The number of allylic oxidation sites excluding steroid dienone is 17. The summed E-state index contributed by atoms with van der Waals surface area (Å²) < 4.78 is 0. The number of carbonyl (C=O) groups excluding carboxylic acids is 1. The molecule has 0 aliphatic rings. The summed E-state index contributed by atoms with van der Waals surface area (Å²) >= 11 is 0. The molecule has 3 N–H and O–H groups in total. The molecule has 1 amide bonds. The fraction of sp³-hybridized carbons (Fsp3) is 0.708. The lowest BCUT2D eigenvalue weighted by Gasteiger charge is -2.19. The lowest BCUT2D eigenvalue weighted by molar-refractivity contribution is -0.123. The smallest absolute Gasteiger partial charge is 0.220 e. The molecule has 4 heteroatoms. The van der Waals surface area contributed by atoms with E-state index < -0.39 is 12.1 Å². The number of rotatable bonds is 53. The highest BCUT2D eigenvalue weighted by Gasteiger charge is 2.18. The van der Waals surface area contributed by atoms with Crippen molar-refractivity contribution in [2.24, 2.45) is 0 Å². The first-order valence-electron chi connectivity index (χ1n) is 29.6. The Hall–Kier alpha value is -2.95. The maximum Gasteiger partial charge on any atom is 0.220 e. The molecule has 4 nitrogen and oxygen atoms in total. The van der Waals surface area contributed by atoms with Crippen molar-refractivity contribution in [3.63, 3.8) is 0 Å². The predicted molar refractivity (Wildman–Crippen MR) is 308 cm³/mol. The first-order chi connectivity index (χ1) is 34.2. The topological polar surface area (TPSA) is 69.6 Å². The first-order valence-corrected chi connectivity index (χ1v) is 29.6. The maximum atomic E-state index is 12.5. The molecule has 0 aliphatic heterocycles. The minimum atomic E-state index is -0.873. The van der Waals surface area contributed by atoms with E-state index in [2.05, 4.69) is 116 Å². The Morgan fingerprint density at radius 2 is 0.652 bits per heavy atom. The molecule has 69 heavy (non-hydrogen) atoms. The SMILES string of the molecule is CC/C=C\C/C=C\C/C=C\C/C=C\C/C=C\C/C=C\CCCCCCCCCCCCCCCCCCCCCCCCC(=O)NC(CO)C(O)/C=C/CC/C=C/CC/C=C/CCCCCCCC. The van der Waals surface area contributed by atoms with E-state index in [4.69, 9.17) is 0 Å². The molecule has 0 radical (unpaired) electrons. The van der Waals surface area contributed by atoms with Gasteiger partial charge in [-0.1, -0.05) is 284 Å². The molecule has 0 bridgehead atoms. The molecule has 2 atom stereocenters. The van der Waals surface area contributed by atoms with Gasteiger partial charge < -0.3 is 15.5 Å². The number of aliphatic hydroxyl groups excluding tert-OH is 2. The number of hydrogen-bond acceptors (Lipinski definition) is 3. The molecule has 0 aromatic heterocycles. The second-order valence-electron chi connectivity index (χ2n) is 19.7. The van der Waals surface area contributed by atoms with Gasteiger partial charge in [-0.3, -0.25) is 4.79 Å². The van der Waals surface area contributed by atoms with Crippen LogP contribution in [-0.2, 0) is 4.79 Å². The van der Waals surface area contributed by atoms with E-state index in [1.807, 2.05) is 6.08 Å². The Morgan fingerprint density at radius 3 is 1.01 bits per heavy atom. The van der Waals surface area contributed by atoms with Crippen molar-refractivity contribution in [1.29, 1.82) is 0 Å². The monoisotopic (exact) mass is 956 g/mol. The van der Waals surface area contributed by atoms with E-state index >= 15 is 0 Å². The molecular formula is C65H113NO3. The minimum absolute atomic E-state index is 0.0776. The van der Waals surface area contributed by atoms with Gasteiger partial charge in [-0.05, 0) is 96.3 Å². The van der Waals surface area contributed by atoms with E-state index in [0.717, 1.165) is 77.0 Å². The summed E-state index contributed by atoms with van der Waals surface area (Å²) in [5.74, 6) is -0.0776. The third kappa shape index (κ3) is 55.8. The second kappa shape index (κ2) is 59.4. The van der Waals surface area contributed by atoms with Crippen LogP contribution in [0.25, 0.3) is 0 Å². The average molecular weight is 957 g/mol. The lowest BCUT2D eigenvalue weighted by atomic mass is 10.0. The maximum absolute atomic E-state index is 12.5. The normalized spacial score (nSPS) is 13.6. The molecule has 0 fully saturated rings. The Kier molecular flexibility index (Phi) is 56.8. The Morgan fingerprint density at radius 1 is 0.362 bits per heavy atom. The molecule has 0 saturated carbocycles. The van der Waals surface area contributed by atoms with Crippen molar-refractivity contribution >= 4 is 5.91 Å². The van der Waals surface area contributed by atoms with Crippen molar-refractivity contribution < 1.29 is 15.0 Å². The van der Waals surface area contributed by atoms with E-state index in [-0.39, 0.29) is 12.5 Å². The Balaban J connectivity index is 3.48. The molecule has 396 valence electrons. The van der Waals surface area contributed by atoms with Gasteiger partial charge in [0.15, 0.2) is 0 Å². The van der Waals surface area contributed by atoms with Crippen LogP contribution >= 0.6 is 0 Å². The summed E-state index contributed by atoms with van der Waals surface area (Å²) in [6.45, 7) is 4.17. The van der Waals surface area contributed by atoms with Gasteiger partial charge in [-0.2, -0.15) is 0 Å². The third-order valence-corrected chi connectivity index (χ3v) is 13.0. The van der Waals surface area contributed by atoms with Crippen molar-refractivity contribution in [3.8, 4) is 0 Å². The van der Waals surface area contributed by atoms with E-state index in [0.29, 0.717) is 6.42 Å². The van der Waals surface area contributed by atoms with Gasteiger partial charge >= 0.3 is 0 Å². The molecule has 0 saturated heterocycles. The van der Waals surface area contributed by atoms with Gasteiger partial charge in [-0.15, -0.1) is 0 Å². The minimum Gasteiger partial charge on any atom is -0.394 e. The quantitative estimate of drug-likeness (QED) is 0.0420. The summed E-state index contributed by atoms with van der Waals surface area (Å²) in [5.41, 5.74) is 0. The number of hydrogen-bond donors (Lipinski definition) is 3. The van der Waals surface area contributed by atoms with Crippen LogP contribution in [0.2, 0.25) is 0 Å². The highest BCUT2D eigenvalue weighted by molar-refractivity contribution is 5.76. The Labute approximate surface area is 429 Å². The van der Waals surface area contributed by atoms with Crippen LogP contribution in [0.3, 0.4) is 0 Å². The summed E-state index contributed by atoms with van der Waals surface area (Å²) in [4.78, 5) is 12.5. The molecule has 0 rings (SSSR count). The van der Waals surface area contributed by atoms with Crippen molar-refractivity contribution in [2.75, 3.05) is 6.61 Å². The molecule has 2 unspecified atom stereocenters. The number of aliphatic hydroxyl groups is 2. The van der Waals surface area contributed by atoms with Crippen LogP contribution in [0.15, 0.2) is 109 Å². The van der Waals surface area contributed by atoms with Crippen LogP contribution in [0.5, 0.6) is 0 Å². The van der Waals surface area contributed by atoms with Gasteiger partial charge in [0.05, 0.1) is 18.8 Å². The number of carbonyl (C=O) groups is 1. The third-order valence-electron chi connectivity index (χ3n) is 13.0. The zero-order valence-electron chi connectivity index (χ0n) is 45.5. The lowest BCUT2D eigenvalue weighted by Crippen LogP contribution is -2.45. The van der Waals surface area contributed by atoms with Crippen LogP contribution in [-0.4, -0.2) is 34.9 Å². The number of unbranched alkanes of at least 4 members (excludes halogenated alkanes) is 30. The standard InChI is InChI=1S/C65H113NO3/c1-3-5-7-9-11-13-15-17-19-21-22-23-24-25-26-27-28-29-30-31-32-33-34-35-36-37-38-39-40-41-42-43-44-45-47-49-51-53-55-57-59-61-65(69)66-63(62-67)64(68)60-58-56-54-52-50-48-46-20-18-16-14-12-10-8-6-4-2/h5,7,11,13,17-20,22-23,25-26,28-29,50,52,58,60,63-64,67-68H,3-4,6,8-10,12,14-16,21,24,27,30-49,51,53-57,59,61-62H2,1-2H3,(H,66,69)/b7-5-,13-11-,19-17-,20-18+,23-22-,26-25-,29-28-,52-50+,60-58+. The molecule has 0 spiro atoms. The van der Waals surface area contributed by atoms with Crippen LogP contribution in [0.4, 0.5) is 0 Å². The van der Waals surface area contributed by atoms with E-state index in [9.17, 15) is 15.0 Å². The van der Waals surface area contributed by atoms with Crippen molar-refractivity contribution in [1.82, 2.24) is 5.32 Å². The summed E-state index contributed by atoms with van der Waals surface area (Å²) in [6, 6.07) is -0.648. The van der Waals surface area contributed by atoms with Gasteiger partial charge in [0.1, 0.15) is 0 Å². The van der Waals surface area contributed by atoms with Gasteiger partial charge in [0.2, 0.25) is 5.91 Å². The molecule has 0 aromatic carbocycles. The van der Waals surface area contributed by atoms with Crippen molar-refractivity contribution in [3.05, 3.63) is 109 Å². The van der Waals surface area contributed by atoms with Gasteiger partial charge in [0.25, 0.3) is 0 Å².